The number of rotatable bonds is 10. The van der Waals surface area contributed by atoms with E-state index in [1.165, 1.54) is 0 Å². The molecule has 1 aromatic carbocycles. The van der Waals surface area contributed by atoms with Gasteiger partial charge in [0.15, 0.2) is 5.79 Å². The zero-order valence-electron chi connectivity index (χ0n) is 24.4. The van der Waals surface area contributed by atoms with Gasteiger partial charge in [0.05, 0.1) is 18.4 Å². The molecular formula is C32H46N2O6. The molecule has 2 amide bonds. The van der Waals surface area contributed by atoms with Crippen LogP contribution in [0.3, 0.4) is 0 Å². The molecule has 1 aliphatic heterocycles. The number of carboxylic acids is 1. The first-order valence-electron chi connectivity index (χ1n) is 14.8. The van der Waals surface area contributed by atoms with E-state index in [0.717, 1.165) is 50.5 Å². The zero-order valence-corrected chi connectivity index (χ0v) is 24.4. The van der Waals surface area contributed by atoms with Crippen molar-refractivity contribution >= 4 is 23.9 Å². The third kappa shape index (κ3) is 7.32. The monoisotopic (exact) mass is 554 g/mol. The summed E-state index contributed by atoms with van der Waals surface area (Å²) in [6.45, 7) is 7.72. The van der Waals surface area contributed by atoms with Gasteiger partial charge in [-0.05, 0) is 57.4 Å². The van der Waals surface area contributed by atoms with Crippen molar-refractivity contribution in [1.29, 1.82) is 0 Å². The van der Waals surface area contributed by atoms with E-state index in [4.69, 9.17) is 9.47 Å². The van der Waals surface area contributed by atoms with Crippen LogP contribution in [0, 0.1) is 16.7 Å². The second-order valence-corrected chi connectivity index (χ2v) is 13.1. The van der Waals surface area contributed by atoms with Gasteiger partial charge in [-0.15, -0.1) is 0 Å². The first-order valence-corrected chi connectivity index (χ1v) is 14.8. The highest BCUT2D eigenvalue weighted by Crippen LogP contribution is 2.45. The second-order valence-electron chi connectivity index (χ2n) is 13.1. The molecule has 3 N–H and O–H groups in total. The lowest BCUT2D eigenvalue weighted by Crippen LogP contribution is -2.60. The van der Waals surface area contributed by atoms with Crippen LogP contribution < -0.4 is 10.6 Å². The number of aliphatic carboxylic acids is 1. The summed E-state index contributed by atoms with van der Waals surface area (Å²) < 4.78 is 11.8. The van der Waals surface area contributed by atoms with Gasteiger partial charge in [0, 0.05) is 17.5 Å². The number of allylic oxidation sites excluding steroid dienone is 1. The van der Waals surface area contributed by atoms with E-state index >= 15 is 0 Å². The Balaban J connectivity index is 1.46. The number of amides is 2. The van der Waals surface area contributed by atoms with E-state index in [-0.39, 0.29) is 30.2 Å². The molecule has 4 atom stereocenters. The Labute approximate surface area is 238 Å². The second kappa shape index (κ2) is 12.4. The van der Waals surface area contributed by atoms with Crippen LogP contribution in [0.25, 0.3) is 6.08 Å². The molecule has 2 aliphatic carbocycles. The van der Waals surface area contributed by atoms with Gasteiger partial charge in [0.25, 0.3) is 0 Å². The molecule has 0 aromatic heterocycles. The third-order valence-corrected chi connectivity index (χ3v) is 8.93. The maximum Gasteiger partial charge on any atom is 0.305 e. The van der Waals surface area contributed by atoms with Gasteiger partial charge >= 0.3 is 5.97 Å². The van der Waals surface area contributed by atoms with Gasteiger partial charge in [-0.1, -0.05) is 75.6 Å². The highest BCUT2D eigenvalue weighted by molar-refractivity contribution is 5.84. The van der Waals surface area contributed by atoms with Crippen LogP contribution in [-0.2, 0) is 23.9 Å². The average Bonchev–Trinajstić information content (AvgIpc) is 2.87. The minimum absolute atomic E-state index is 0.0457. The molecule has 220 valence electrons. The van der Waals surface area contributed by atoms with Crippen molar-refractivity contribution < 1.29 is 29.0 Å². The smallest absolute Gasteiger partial charge is 0.305 e. The zero-order chi connectivity index (χ0) is 29.0. The lowest BCUT2D eigenvalue weighted by atomic mass is 9.65. The Kier molecular flexibility index (Phi) is 9.40. The summed E-state index contributed by atoms with van der Waals surface area (Å²) in [7, 11) is 0. The summed E-state index contributed by atoms with van der Waals surface area (Å²) in [6, 6.07) is 9.26. The first-order chi connectivity index (χ1) is 18.9. The van der Waals surface area contributed by atoms with Crippen LogP contribution in [-0.4, -0.2) is 53.5 Å². The van der Waals surface area contributed by atoms with E-state index in [1.54, 1.807) is 13.8 Å². The largest absolute Gasteiger partial charge is 0.481 e. The standard InChI is InChI=1S/C32H46N2O6/c1-30(2)21-39-31(3,4)40-27(30)28(37)33-25(20-26(35)36)23-15-8-9-16-24(23)34-29(38)32(18-11-19-32)17-10-14-22-12-6-5-7-13-22/h5-7,10,12-14,23-25,27H,8-9,11,15-21H2,1-4H3,(H,33,37)(H,34,38)(H,35,36)/b14-10+. The van der Waals surface area contributed by atoms with Gasteiger partial charge in [-0.25, -0.2) is 0 Å². The molecule has 0 radical (unpaired) electrons. The molecule has 8 heteroatoms. The van der Waals surface area contributed by atoms with Crippen LogP contribution in [0.2, 0.25) is 0 Å². The molecule has 40 heavy (non-hydrogen) atoms. The summed E-state index contributed by atoms with van der Waals surface area (Å²) in [5, 5.41) is 16.1. The van der Waals surface area contributed by atoms with E-state index < -0.39 is 34.7 Å². The normalized spacial score (nSPS) is 27.8. The van der Waals surface area contributed by atoms with Gasteiger partial charge in [0.1, 0.15) is 6.10 Å². The maximum absolute atomic E-state index is 13.7. The molecule has 2 saturated carbocycles. The summed E-state index contributed by atoms with van der Waals surface area (Å²) in [5.74, 6) is -2.34. The Morgan fingerprint density at radius 1 is 1.05 bits per heavy atom. The summed E-state index contributed by atoms with van der Waals surface area (Å²) in [6.07, 6.45) is 9.96. The van der Waals surface area contributed by atoms with Crippen LogP contribution in [0.1, 0.15) is 91.0 Å². The van der Waals surface area contributed by atoms with Crippen molar-refractivity contribution in [2.75, 3.05) is 6.61 Å². The fourth-order valence-corrected chi connectivity index (χ4v) is 6.33. The summed E-state index contributed by atoms with van der Waals surface area (Å²) in [4.78, 5) is 39.1. The Morgan fingerprint density at radius 2 is 1.75 bits per heavy atom. The molecule has 8 nitrogen and oxygen atoms in total. The van der Waals surface area contributed by atoms with Crippen LogP contribution >= 0.6 is 0 Å². The van der Waals surface area contributed by atoms with E-state index in [9.17, 15) is 19.5 Å². The van der Waals surface area contributed by atoms with E-state index in [0.29, 0.717) is 13.0 Å². The number of hydrogen-bond donors (Lipinski definition) is 3. The van der Waals surface area contributed by atoms with Gasteiger partial charge in [-0.2, -0.15) is 0 Å². The molecule has 1 saturated heterocycles. The van der Waals surface area contributed by atoms with E-state index in [1.807, 2.05) is 44.2 Å². The minimum Gasteiger partial charge on any atom is -0.481 e. The number of carboxylic acid groups (broad SMARTS) is 1. The molecule has 4 rings (SSSR count). The molecule has 4 unspecified atom stereocenters. The maximum atomic E-state index is 13.7. The minimum atomic E-state index is -0.977. The number of nitrogens with one attached hydrogen (secondary N) is 2. The Morgan fingerprint density at radius 3 is 2.40 bits per heavy atom. The number of benzene rings is 1. The Hall–Kier alpha value is -2.71. The van der Waals surface area contributed by atoms with Crippen molar-refractivity contribution in [1.82, 2.24) is 10.6 Å². The molecule has 1 heterocycles. The number of hydrogen-bond acceptors (Lipinski definition) is 5. The molecule has 3 aliphatic rings. The number of carbonyl (C=O) groups excluding carboxylic acids is 2. The third-order valence-electron chi connectivity index (χ3n) is 8.93. The lowest BCUT2D eigenvalue weighted by Gasteiger charge is -2.46. The van der Waals surface area contributed by atoms with Crippen LogP contribution in [0.4, 0.5) is 0 Å². The van der Waals surface area contributed by atoms with Crippen molar-refractivity contribution in [2.45, 2.75) is 109 Å². The molecule has 0 bridgehead atoms. The topological polar surface area (TPSA) is 114 Å². The predicted molar refractivity (Wildman–Crippen MR) is 153 cm³/mol. The van der Waals surface area contributed by atoms with E-state index in [2.05, 4.69) is 22.8 Å². The number of ether oxygens (including phenoxy) is 2. The first kappa shape index (κ1) is 30.3. The average molecular weight is 555 g/mol. The molecule has 1 aromatic rings. The van der Waals surface area contributed by atoms with Gasteiger partial charge < -0.3 is 25.2 Å². The fraction of sp³-hybridized carbons (Fsp3) is 0.656. The summed E-state index contributed by atoms with van der Waals surface area (Å²) in [5.41, 5.74) is 0.110. The van der Waals surface area contributed by atoms with Crippen LogP contribution in [0.5, 0.6) is 0 Å². The van der Waals surface area contributed by atoms with Crippen molar-refractivity contribution in [3.05, 3.63) is 42.0 Å². The lowest BCUT2D eigenvalue weighted by molar-refractivity contribution is -0.304. The molecular weight excluding hydrogens is 508 g/mol. The highest BCUT2D eigenvalue weighted by Gasteiger charge is 2.48. The van der Waals surface area contributed by atoms with Crippen molar-refractivity contribution in [3.8, 4) is 0 Å². The quantitative estimate of drug-likeness (QED) is 0.372. The summed E-state index contributed by atoms with van der Waals surface area (Å²) >= 11 is 0. The van der Waals surface area contributed by atoms with Gasteiger partial charge in [-0.3, -0.25) is 14.4 Å². The van der Waals surface area contributed by atoms with Crippen LogP contribution in [0.15, 0.2) is 36.4 Å². The highest BCUT2D eigenvalue weighted by atomic mass is 16.7. The van der Waals surface area contributed by atoms with Crippen molar-refractivity contribution in [2.24, 2.45) is 16.7 Å². The fourth-order valence-electron chi connectivity index (χ4n) is 6.33. The SMILES string of the molecule is CC1(C)OCC(C)(C)C(C(=O)NC(CC(=O)O)C2CCCCC2NC(=O)C2(C/C=C/c3ccccc3)CCC2)O1. The predicted octanol–water partition coefficient (Wildman–Crippen LogP) is 5.07. The molecule has 0 spiro atoms. The molecule has 3 fully saturated rings. The number of carbonyl (C=O) groups is 3. The Bertz CT molecular complexity index is 1080. The van der Waals surface area contributed by atoms with Gasteiger partial charge in [0.2, 0.25) is 11.8 Å². The van der Waals surface area contributed by atoms with Crippen molar-refractivity contribution in [3.63, 3.8) is 0 Å².